The smallest absolute Gasteiger partial charge is 0.328 e. The predicted octanol–water partition coefficient (Wildman–Crippen LogP) is 2.28. The second kappa shape index (κ2) is 8.50. The number of ether oxygens (including phenoxy) is 2. The van der Waals surface area contributed by atoms with E-state index in [1.54, 1.807) is 12.1 Å². The Bertz CT molecular complexity index is 907. The molecule has 0 amide bonds. The lowest BCUT2D eigenvalue weighted by atomic mass is 10.2. The van der Waals surface area contributed by atoms with Gasteiger partial charge in [0.15, 0.2) is 11.5 Å². The third-order valence-corrected chi connectivity index (χ3v) is 4.89. The number of hydrogen-bond acceptors (Lipinski definition) is 5. The van der Waals surface area contributed by atoms with E-state index in [1.165, 1.54) is 32.4 Å². The first kappa shape index (κ1) is 19.5. The molecule has 26 heavy (non-hydrogen) atoms. The van der Waals surface area contributed by atoms with Crippen LogP contribution in [0.15, 0.2) is 53.4 Å². The summed E-state index contributed by atoms with van der Waals surface area (Å²) < 4.78 is 38.4. The van der Waals surface area contributed by atoms with Crippen LogP contribution in [0, 0.1) is 0 Å². The Morgan fingerprint density at radius 2 is 1.85 bits per heavy atom. The fourth-order valence-electron chi connectivity index (χ4n) is 2.27. The van der Waals surface area contributed by atoms with Crippen LogP contribution in [0.3, 0.4) is 0 Å². The highest BCUT2D eigenvalue weighted by molar-refractivity contribution is 7.89. The zero-order valence-electron chi connectivity index (χ0n) is 14.3. The summed E-state index contributed by atoms with van der Waals surface area (Å²) in [4.78, 5) is 10.6. The minimum Gasteiger partial charge on any atom is -0.493 e. The first-order valence-corrected chi connectivity index (χ1v) is 9.06. The van der Waals surface area contributed by atoms with Crippen molar-refractivity contribution >= 4 is 22.1 Å². The van der Waals surface area contributed by atoms with Gasteiger partial charge >= 0.3 is 5.97 Å². The SMILES string of the molecule is COc1cc(C=CC(=O)O)cc(S(=O)(=O)NCc2ccccc2)c1OC. The van der Waals surface area contributed by atoms with Crippen LogP contribution in [0.1, 0.15) is 11.1 Å². The van der Waals surface area contributed by atoms with E-state index in [9.17, 15) is 13.2 Å². The normalized spacial score (nSPS) is 11.5. The Kier molecular flexibility index (Phi) is 6.37. The fraction of sp³-hybridized carbons (Fsp3) is 0.167. The molecule has 0 bridgehead atoms. The van der Waals surface area contributed by atoms with E-state index >= 15 is 0 Å². The quantitative estimate of drug-likeness (QED) is 0.685. The maximum absolute atomic E-state index is 12.8. The Hall–Kier alpha value is -2.84. The van der Waals surface area contributed by atoms with Gasteiger partial charge in [0.1, 0.15) is 4.90 Å². The highest BCUT2D eigenvalue weighted by Crippen LogP contribution is 2.36. The van der Waals surface area contributed by atoms with Crippen molar-refractivity contribution in [3.05, 3.63) is 59.7 Å². The third kappa shape index (κ3) is 4.84. The van der Waals surface area contributed by atoms with Crippen molar-refractivity contribution in [2.24, 2.45) is 0 Å². The van der Waals surface area contributed by atoms with Crippen LogP contribution in [0.5, 0.6) is 11.5 Å². The zero-order valence-corrected chi connectivity index (χ0v) is 15.1. The molecule has 0 aliphatic rings. The van der Waals surface area contributed by atoms with Crippen molar-refractivity contribution < 1.29 is 27.8 Å². The van der Waals surface area contributed by atoms with Gasteiger partial charge in [0.2, 0.25) is 10.0 Å². The molecule has 7 nitrogen and oxygen atoms in total. The lowest BCUT2D eigenvalue weighted by Crippen LogP contribution is -2.24. The van der Waals surface area contributed by atoms with Crippen molar-refractivity contribution in [1.82, 2.24) is 4.72 Å². The number of carboxylic acids is 1. The van der Waals surface area contributed by atoms with Gasteiger partial charge in [-0.2, -0.15) is 0 Å². The van der Waals surface area contributed by atoms with Crippen molar-refractivity contribution in [1.29, 1.82) is 0 Å². The van der Waals surface area contributed by atoms with Crippen LogP contribution in [-0.2, 0) is 21.4 Å². The third-order valence-electron chi connectivity index (χ3n) is 3.48. The van der Waals surface area contributed by atoms with E-state index in [4.69, 9.17) is 14.6 Å². The van der Waals surface area contributed by atoms with Gasteiger partial charge in [-0.1, -0.05) is 30.3 Å². The van der Waals surface area contributed by atoms with Gasteiger partial charge in [-0.3, -0.25) is 0 Å². The average Bonchev–Trinajstić information content (AvgIpc) is 2.64. The van der Waals surface area contributed by atoms with E-state index in [0.29, 0.717) is 5.56 Å². The lowest BCUT2D eigenvalue weighted by Gasteiger charge is -2.15. The number of aliphatic carboxylic acids is 1. The van der Waals surface area contributed by atoms with Crippen molar-refractivity contribution in [3.8, 4) is 11.5 Å². The van der Waals surface area contributed by atoms with Crippen LogP contribution in [-0.4, -0.2) is 33.7 Å². The maximum atomic E-state index is 12.8. The number of carbonyl (C=O) groups is 1. The Morgan fingerprint density at radius 1 is 1.15 bits per heavy atom. The number of methoxy groups -OCH3 is 2. The van der Waals surface area contributed by atoms with Crippen LogP contribution in [0.4, 0.5) is 0 Å². The summed E-state index contributed by atoms with van der Waals surface area (Å²) in [6, 6.07) is 11.9. The molecule has 2 rings (SSSR count). The predicted molar refractivity (Wildman–Crippen MR) is 96.7 cm³/mol. The monoisotopic (exact) mass is 377 g/mol. The van der Waals surface area contributed by atoms with Crippen molar-refractivity contribution in [3.63, 3.8) is 0 Å². The molecule has 0 heterocycles. The summed E-state index contributed by atoms with van der Waals surface area (Å²) in [5.41, 5.74) is 1.15. The van der Waals surface area contributed by atoms with Gasteiger partial charge < -0.3 is 14.6 Å². The summed E-state index contributed by atoms with van der Waals surface area (Å²) in [6.45, 7) is 0.101. The first-order chi connectivity index (χ1) is 12.4. The standard InChI is InChI=1S/C18H19NO6S/c1-24-15-10-14(8-9-17(20)21)11-16(18(15)25-2)26(22,23)19-12-13-6-4-3-5-7-13/h3-11,19H,12H2,1-2H3,(H,20,21). The Labute approximate surface area is 151 Å². The van der Waals surface area contributed by atoms with E-state index in [-0.39, 0.29) is 22.9 Å². The second-order valence-electron chi connectivity index (χ2n) is 5.24. The van der Waals surface area contributed by atoms with E-state index in [2.05, 4.69) is 4.72 Å². The summed E-state index contributed by atoms with van der Waals surface area (Å²) in [5, 5.41) is 8.77. The molecule has 0 aliphatic carbocycles. The van der Waals surface area contributed by atoms with Crippen molar-refractivity contribution in [2.75, 3.05) is 14.2 Å². The topological polar surface area (TPSA) is 102 Å². The van der Waals surface area contributed by atoms with E-state index in [0.717, 1.165) is 11.6 Å². The van der Waals surface area contributed by atoms with Crippen LogP contribution >= 0.6 is 0 Å². The number of rotatable bonds is 8. The van der Waals surface area contributed by atoms with Gasteiger partial charge in [-0.05, 0) is 29.3 Å². The molecule has 8 heteroatoms. The van der Waals surface area contributed by atoms with Gasteiger partial charge in [0, 0.05) is 12.6 Å². The number of benzene rings is 2. The number of sulfonamides is 1. The van der Waals surface area contributed by atoms with E-state index < -0.39 is 16.0 Å². The molecule has 0 spiro atoms. The molecular formula is C18H19NO6S. The van der Waals surface area contributed by atoms with Crippen LogP contribution in [0.25, 0.3) is 6.08 Å². The number of nitrogens with one attached hydrogen (secondary N) is 1. The maximum Gasteiger partial charge on any atom is 0.328 e. The minimum atomic E-state index is -3.93. The molecule has 0 unspecified atom stereocenters. The molecule has 2 aromatic rings. The summed E-state index contributed by atoms with van der Waals surface area (Å²) in [5.74, 6) is -0.924. The van der Waals surface area contributed by atoms with Crippen molar-refractivity contribution in [2.45, 2.75) is 11.4 Å². The summed E-state index contributed by atoms with van der Waals surface area (Å²) in [6.07, 6.45) is 2.19. The fourth-order valence-corrected chi connectivity index (χ4v) is 3.50. The molecule has 138 valence electrons. The first-order valence-electron chi connectivity index (χ1n) is 7.58. The molecule has 0 saturated heterocycles. The van der Waals surface area contributed by atoms with Crippen LogP contribution in [0.2, 0.25) is 0 Å². The summed E-state index contributed by atoms with van der Waals surface area (Å²) in [7, 11) is -1.23. The molecule has 2 aromatic carbocycles. The van der Waals surface area contributed by atoms with Gasteiger partial charge in [0.25, 0.3) is 0 Å². The largest absolute Gasteiger partial charge is 0.493 e. The zero-order chi connectivity index (χ0) is 19.2. The van der Waals surface area contributed by atoms with Gasteiger partial charge in [-0.25, -0.2) is 17.9 Å². The minimum absolute atomic E-state index is 0.0422. The highest BCUT2D eigenvalue weighted by Gasteiger charge is 2.23. The van der Waals surface area contributed by atoms with Gasteiger partial charge in [0.05, 0.1) is 14.2 Å². The number of carboxylic acid groups (broad SMARTS) is 1. The molecule has 0 radical (unpaired) electrons. The molecular weight excluding hydrogens is 358 g/mol. The molecule has 0 aromatic heterocycles. The Morgan fingerprint density at radius 3 is 2.42 bits per heavy atom. The molecule has 2 N–H and O–H groups in total. The summed E-state index contributed by atoms with van der Waals surface area (Å²) >= 11 is 0. The van der Waals surface area contributed by atoms with Gasteiger partial charge in [-0.15, -0.1) is 0 Å². The molecule has 0 saturated carbocycles. The highest BCUT2D eigenvalue weighted by atomic mass is 32.2. The molecule has 0 aliphatic heterocycles. The molecule has 0 fully saturated rings. The lowest BCUT2D eigenvalue weighted by molar-refractivity contribution is -0.131. The molecule has 0 atom stereocenters. The number of hydrogen-bond donors (Lipinski definition) is 2. The van der Waals surface area contributed by atoms with E-state index in [1.807, 2.05) is 18.2 Å². The van der Waals surface area contributed by atoms with Crippen LogP contribution < -0.4 is 14.2 Å². The average molecular weight is 377 g/mol. The Balaban J connectivity index is 2.43. The second-order valence-corrected chi connectivity index (χ2v) is 6.97.